The lowest BCUT2D eigenvalue weighted by Gasteiger charge is -2.09. The van der Waals surface area contributed by atoms with Crippen molar-refractivity contribution in [2.75, 3.05) is 5.43 Å². The third-order valence-corrected chi connectivity index (χ3v) is 5.23. The molecule has 1 heterocycles. The lowest BCUT2D eigenvalue weighted by Crippen LogP contribution is -2.03. The van der Waals surface area contributed by atoms with Crippen molar-refractivity contribution in [3.63, 3.8) is 0 Å². The highest BCUT2D eigenvalue weighted by molar-refractivity contribution is 9.10. The number of aromatic nitrogens is 2. The van der Waals surface area contributed by atoms with Crippen LogP contribution in [0, 0.1) is 6.92 Å². The average Bonchev–Trinajstić information content (AvgIpc) is 2.79. The van der Waals surface area contributed by atoms with Gasteiger partial charge in [-0.2, -0.15) is 5.10 Å². The highest BCUT2D eigenvalue weighted by atomic mass is 79.9. The van der Waals surface area contributed by atoms with Crippen LogP contribution in [-0.2, 0) is 0 Å². The van der Waals surface area contributed by atoms with Crippen LogP contribution >= 0.6 is 15.9 Å². The van der Waals surface area contributed by atoms with Gasteiger partial charge in [0.25, 0.3) is 0 Å². The number of nitrogens with zero attached hydrogens (tertiary/aromatic N) is 3. The van der Waals surface area contributed by atoms with Crippen molar-refractivity contribution < 1.29 is 0 Å². The highest BCUT2D eigenvalue weighted by Crippen LogP contribution is 2.25. The summed E-state index contributed by atoms with van der Waals surface area (Å²) in [6, 6.07) is 28.3. The molecule has 0 atom stereocenters. The van der Waals surface area contributed by atoms with Crippen LogP contribution in [0.2, 0.25) is 0 Å². The molecule has 0 amide bonds. The van der Waals surface area contributed by atoms with Crippen molar-refractivity contribution in [1.29, 1.82) is 0 Å². The van der Waals surface area contributed by atoms with Crippen LogP contribution in [0.4, 0.5) is 5.82 Å². The molecule has 4 nitrogen and oxygen atoms in total. The fraction of sp³-hybridized carbons (Fsp3) is 0.0800. The Morgan fingerprint density at radius 2 is 1.53 bits per heavy atom. The largest absolute Gasteiger partial charge is 0.261 e. The van der Waals surface area contributed by atoms with Gasteiger partial charge in [-0.25, -0.2) is 9.97 Å². The molecule has 0 fully saturated rings. The minimum absolute atomic E-state index is 0.647. The van der Waals surface area contributed by atoms with Gasteiger partial charge < -0.3 is 0 Å². The van der Waals surface area contributed by atoms with E-state index in [-0.39, 0.29) is 0 Å². The zero-order valence-corrected chi connectivity index (χ0v) is 18.4. The number of hydrazone groups is 1. The first-order chi connectivity index (χ1) is 14.6. The quantitative estimate of drug-likeness (QED) is 0.267. The van der Waals surface area contributed by atoms with Crippen LogP contribution in [-0.4, -0.2) is 15.7 Å². The lowest BCUT2D eigenvalue weighted by molar-refractivity contribution is 1.15. The van der Waals surface area contributed by atoms with E-state index in [0.29, 0.717) is 11.6 Å². The maximum absolute atomic E-state index is 4.78. The first-order valence-electron chi connectivity index (χ1n) is 9.66. The standard InChI is InChI=1S/C25H21BrN4/c1-17-8-10-19(11-9-17)18(2)29-30-24-16-23(20-6-4-3-5-7-20)27-25(28-24)21-12-14-22(26)15-13-21/h3-16H,1-2H3,(H,27,28,30). The predicted molar refractivity (Wildman–Crippen MR) is 128 cm³/mol. The SMILES string of the molecule is CC(=NNc1cc(-c2ccccc2)nc(-c2ccc(Br)cc2)n1)c1ccc(C)cc1. The Morgan fingerprint density at radius 1 is 0.833 bits per heavy atom. The van der Waals surface area contributed by atoms with Crippen molar-refractivity contribution in [2.24, 2.45) is 5.10 Å². The second-order valence-corrected chi connectivity index (χ2v) is 7.93. The number of benzene rings is 3. The fourth-order valence-corrected chi connectivity index (χ4v) is 3.25. The number of hydrogen-bond donors (Lipinski definition) is 1. The summed E-state index contributed by atoms with van der Waals surface area (Å²) in [4.78, 5) is 9.48. The Labute approximate surface area is 184 Å². The fourth-order valence-electron chi connectivity index (χ4n) is 2.99. The molecule has 0 aliphatic rings. The summed E-state index contributed by atoms with van der Waals surface area (Å²) in [7, 11) is 0. The van der Waals surface area contributed by atoms with Gasteiger partial charge in [0.2, 0.25) is 0 Å². The van der Waals surface area contributed by atoms with Gasteiger partial charge in [-0.3, -0.25) is 5.43 Å². The molecule has 0 aliphatic heterocycles. The molecule has 0 unspecified atom stereocenters. The van der Waals surface area contributed by atoms with Crippen molar-refractivity contribution in [2.45, 2.75) is 13.8 Å². The van der Waals surface area contributed by atoms with Crippen molar-refractivity contribution in [3.05, 3.63) is 101 Å². The topological polar surface area (TPSA) is 50.2 Å². The molecule has 3 aromatic carbocycles. The van der Waals surface area contributed by atoms with Crippen LogP contribution < -0.4 is 5.43 Å². The summed E-state index contributed by atoms with van der Waals surface area (Å²) < 4.78 is 1.02. The van der Waals surface area contributed by atoms with Gasteiger partial charge in [0.15, 0.2) is 11.6 Å². The minimum atomic E-state index is 0.647. The molecule has 0 spiro atoms. The molecule has 1 aromatic heterocycles. The van der Waals surface area contributed by atoms with E-state index in [1.807, 2.05) is 67.6 Å². The molecule has 0 saturated heterocycles. The zero-order chi connectivity index (χ0) is 20.9. The van der Waals surface area contributed by atoms with E-state index in [1.54, 1.807) is 0 Å². The number of halogens is 1. The van der Waals surface area contributed by atoms with Crippen molar-refractivity contribution in [3.8, 4) is 22.6 Å². The van der Waals surface area contributed by atoms with Crippen LogP contribution in [0.1, 0.15) is 18.1 Å². The second-order valence-electron chi connectivity index (χ2n) is 7.01. The molecule has 4 aromatic rings. The van der Waals surface area contributed by atoms with Gasteiger partial charge in [0.1, 0.15) is 0 Å². The molecule has 1 N–H and O–H groups in total. The predicted octanol–water partition coefficient (Wildman–Crippen LogP) is 6.72. The number of nitrogens with one attached hydrogen (secondary N) is 1. The monoisotopic (exact) mass is 456 g/mol. The maximum Gasteiger partial charge on any atom is 0.162 e. The Hall–Kier alpha value is -3.31. The third kappa shape index (κ3) is 4.81. The van der Waals surface area contributed by atoms with E-state index < -0.39 is 0 Å². The van der Waals surface area contributed by atoms with E-state index in [1.165, 1.54) is 5.56 Å². The summed E-state index contributed by atoms with van der Waals surface area (Å²) in [5.74, 6) is 1.29. The summed E-state index contributed by atoms with van der Waals surface area (Å²) in [6.45, 7) is 4.05. The summed E-state index contributed by atoms with van der Waals surface area (Å²) >= 11 is 3.48. The maximum atomic E-state index is 4.78. The molecule has 4 rings (SSSR count). The van der Waals surface area contributed by atoms with E-state index in [2.05, 4.69) is 57.6 Å². The summed E-state index contributed by atoms with van der Waals surface area (Å²) in [5.41, 5.74) is 9.11. The van der Waals surface area contributed by atoms with Crippen LogP contribution in [0.3, 0.4) is 0 Å². The number of aryl methyl sites for hydroxylation is 1. The van der Waals surface area contributed by atoms with E-state index in [4.69, 9.17) is 9.97 Å². The number of hydrogen-bond acceptors (Lipinski definition) is 4. The van der Waals surface area contributed by atoms with Gasteiger partial charge >= 0.3 is 0 Å². The lowest BCUT2D eigenvalue weighted by atomic mass is 10.1. The third-order valence-electron chi connectivity index (χ3n) is 4.71. The van der Waals surface area contributed by atoms with Crippen LogP contribution in [0.5, 0.6) is 0 Å². The Bertz CT molecular complexity index is 1170. The molecular weight excluding hydrogens is 436 g/mol. The molecule has 0 aliphatic carbocycles. The molecular formula is C25H21BrN4. The Kier molecular flexibility index (Phi) is 6.00. The van der Waals surface area contributed by atoms with Crippen LogP contribution in [0.25, 0.3) is 22.6 Å². The molecule has 5 heteroatoms. The Morgan fingerprint density at radius 3 is 2.23 bits per heavy atom. The zero-order valence-electron chi connectivity index (χ0n) is 16.8. The second kappa shape index (κ2) is 9.01. The molecule has 0 radical (unpaired) electrons. The van der Waals surface area contributed by atoms with E-state index >= 15 is 0 Å². The smallest absolute Gasteiger partial charge is 0.162 e. The first-order valence-corrected chi connectivity index (χ1v) is 10.5. The molecule has 0 saturated carbocycles. The van der Waals surface area contributed by atoms with E-state index in [0.717, 1.165) is 32.6 Å². The van der Waals surface area contributed by atoms with Gasteiger partial charge in [-0.15, -0.1) is 0 Å². The molecule has 0 bridgehead atoms. The van der Waals surface area contributed by atoms with Gasteiger partial charge in [0, 0.05) is 21.7 Å². The summed E-state index contributed by atoms with van der Waals surface area (Å²) in [6.07, 6.45) is 0. The number of anilines is 1. The average molecular weight is 457 g/mol. The number of rotatable bonds is 5. The van der Waals surface area contributed by atoms with Gasteiger partial charge in [-0.1, -0.05) is 88.2 Å². The van der Waals surface area contributed by atoms with Crippen molar-refractivity contribution in [1.82, 2.24) is 9.97 Å². The van der Waals surface area contributed by atoms with Crippen LogP contribution in [0.15, 0.2) is 94.5 Å². The van der Waals surface area contributed by atoms with Gasteiger partial charge in [-0.05, 0) is 31.5 Å². The van der Waals surface area contributed by atoms with Crippen molar-refractivity contribution >= 4 is 27.5 Å². The Balaban J connectivity index is 1.71. The highest BCUT2D eigenvalue weighted by Gasteiger charge is 2.09. The van der Waals surface area contributed by atoms with Gasteiger partial charge in [0.05, 0.1) is 11.4 Å². The first kappa shape index (κ1) is 20.0. The normalized spacial score (nSPS) is 11.4. The molecule has 148 valence electrons. The molecule has 30 heavy (non-hydrogen) atoms. The minimum Gasteiger partial charge on any atom is -0.261 e. The van der Waals surface area contributed by atoms with E-state index in [9.17, 15) is 0 Å². The summed E-state index contributed by atoms with van der Waals surface area (Å²) in [5, 5.41) is 4.55.